The average Bonchev–Trinajstić information content (AvgIpc) is 2.56. The predicted molar refractivity (Wildman–Crippen MR) is 82.2 cm³/mol. The van der Waals surface area contributed by atoms with Gasteiger partial charge in [-0.1, -0.05) is 18.2 Å². The van der Waals surface area contributed by atoms with Crippen LogP contribution in [0.1, 0.15) is 10.4 Å². The quantitative estimate of drug-likeness (QED) is 0.824. The summed E-state index contributed by atoms with van der Waals surface area (Å²) in [5.74, 6) is -0.610. The number of hydrogen-bond donors (Lipinski definition) is 1. The number of nitrogens with zero attached hydrogens (tertiary/aromatic N) is 1. The molecule has 1 aromatic heterocycles. The number of rotatable bonds is 4. The number of nitrogens with one attached hydrogen (secondary N) is 1. The van der Waals surface area contributed by atoms with Gasteiger partial charge in [-0.05, 0) is 12.1 Å². The molecule has 7 heteroatoms. The van der Waals surface area contributed by atoms with Crippen molar-refractivity contribution in [1.82, 2.24) is 10.2 Å². The van der Waals surface area contributed by atoms with Gasteiger partial charge in [-0.15, -0.1) is 0 Å². The highest BCUT2D eigenvalue weighted by Gasteiger charge is 2.19. The predicted octanol–water partition coefficient (Wildman–Crippen LogP) is 0.382. The number of carbonyl (C=O) groups excluding carboxylic acids is 2. The number of ether oxygens (including phenoxy) is 1. The molecule has 1 aliphatic heterocycles. The van der Waals surface area contributed by atoms with Crippen LogP contribution in [0.4, 0.5) is 0 Å². The van der Waals surface area contributed by atoms with Crippen molar-refractivity contribution in [3.8, 4) is 0 Å². The van der Waals surface area contributed by atoms with Gasteiger partial charge in [0.2, 0.25) is 5.91 Å². The molecule has 1 N–H and O–H groups in total. The first-order chi connectivity index (χ1) is 11.1. The van der Waals surface area contributed by atoms with E-state index in [4.69, 9.17) is 9.15 Å². The van der Waals surface area contributed by atoms with Crippen LogP contribution in [0.15, 0.2) is 39.5 Å². The largest absolute Gasteiger partial charge is 0.422 e. The summed E-state index contributed by atoms with van der Waals surface area (Å²) in [7, 11) is 0. The standard InChI is InChI=1S/C16H16N2O5/c19-14-10-22-8-7-18(14)6-5-17-15(20)12-9-11-3-1-2-4-13(11)23-16(12)21/h1-4,9H,5-8,10H2,(H,17,20). The summed E-state index contributed by atoms with van der Waals surface area (Å²) < 4.78 is 10.2. The highest BCUT2D eigenvalue weighted by Crippen LogP contribution is 2.12. The lowest BCUT2D eigenvalue weighted by Crippen LogP contribution is -2.45. The number of morpholine rings is 1. The maximum Gasteiger partial charge on any atom is 0.349 e. The molecular formula is C16H16N2O5. The topological polar surface area (TPSA) is 88.8 Å². The Morgan fingerprint density at radius 1 is 1.26 bits per heavy atom. The normalized spacial score (nSPS) is 15.0. The van der Waals surface area contributed by atoms with Crippen molar-refractivity contribution in [3.05, 3.63) is 46.3 Å². The van der Waals surface area contributed by atoms with Gasteiger partial charge in [0.15, 0.2) is 0 Å². The van der Waals surface area contributed by atoms with Gasteiger partial charge in [-0.3, -0.25) is 9.59 Å². The Kier molecular flexibility index (Phi) is 4.38. The molecule has 0 bridgehead atoms. The summed E-state index contributed by atoms with van der Waals surface area (Å²) >= 11 is 0. The summed E-state index contributed by atoms with van der Waals surface area (Å²) in [6, 6.07) is 8.50. The minimum Gasteiger partial charge on any atom is -0.422 e. The summed E-state index contributed by atoms with van der Waals surface area (Å²) in [6.07, 6.45) is 0. The minimum absolute atomic E-state index is 0.0444. The number of hydrogen-bond acceptors (Lipinski definition) is 5. The van der Waals surface area contributed by atoms with Crippen LogP contribution in [0.2, 0.25) is 0 Å². The molecular weight excluding hydrogens is 300 g/mol. The lowest BCUT2D eigenvalue weighted by atomic mass is 10.2. The van der Waals surface area contributed by atoms with Crippen LogP contribution in [-0.4, -0.2) is 49.6 Å². The third kappa shape index (κ3) is 3.40. The second-order valence-electron chi connectivity index (χ2n) is 5.17. The lowest BCUT2D eigenvalue weighted by Gasteiger charge is -2.26. The number of carbonyl (C=O) groups is 2. The first-order valence-corrected chi connectivity index (χ1v) is 7.32. The van der Waals surface area contributed by atoms with E-state index in [0.29, 0.717) is 30.7 Å². The molecule has 1 aliphatic rings. The summed E-state index contributed by atoms with van der Waals surface area (Å²) in [5, 5.41) is 3.32. The zero-order valence-corrected chi connectivity index (χ0v) is 12.4. The van der Waals surface area contributed by atoms with Gasteiger partial charge < -0.3 is 19.4 Å². The van der Waals surface area contributed by atoms with Gasteiger partial charge in [-0.25, -0.2) is 4.79 Å². The number of para-hydroxylation sites is 1. The second kappa shape index (κ2) is 6.62. The molecule has 0 atom stereocenters. The van der Waals surface area contributed by atoms with E-state index in [-0.39, 0.29) is 24.6 Å². The highest BCUT2D eigenvalue weighted by molar-refractivity contribution is 5.96. The third-order valence-electron chi connectivity index (χ3n) is 3.64. The van der Waals surface area contributed by atoms with Crippen LogP contribution in [0.3, 0.4) is 0 Å². The SMILES string of the molecule is O=C(NCCN1CCOCC1=O)c1cc2ccccc2oc1=O. The smallest absolute Gasteiger partial charge is 0.349 e. The lowest BCUT2D eigenvalue weighted by molar-refractivity contribution is -0.142. The van der Waals surface area contributed by atoms with E-state index >= 15 is 0 Å². The van der Waals surface area contributed by atoms with Gasteiger partial charge in [0.25, 0.3) is 5.91 Å². The molecule has 2 aromatic rings. The third-order valence-corrected chi connectivity index (χ3v) is 3.64. The fourth-order valence-corrected chi connectivity index (χ4v) is 2.41. The van der Waals surface area contributed by atoms with Crippen molar-refractivity contribution < 1.29 is 18.7 Å². The van der Waals surface area contributed by atoms with Crippen molar-refractivity contribution in [2.24, 2.45) is 0 Å². The molecule has 0 aliphatic carbocycles. The van der Waals surface area contributed by atoms with Crippen LogP contribution in [0, 0.1) is 0 Å². The van der Waals surface area contributed by atoms with Crippen LogP contribution in [0.25, 0.3) is 11.0 Å². The Labute approximate surface area is 131 Å². The number of fused-ring (bicyclic) bond motifs is 1. The van der Waals surface area contributed by atoms with Crippen molar-refractivity contribution in [1.29, 1.82) is 0 Å². The summed E-state index contributed by atoms with van der Waals surface area (Å²) in [5.41, 5.74) is -0.284. The van der Waals surface area contributed by atoms with Crippen LogP contribution >= 0.6 is 0 Å². The molecule has 3 rings (SSSR count). The maximum absolute atomic E-state index is 12.1. The molecule has 0 radical (unpaired) electrons. The van der Waals surface area contributed by atoms with Crippen molar-refractivity contribution in [3.63, 3.8) is 0 Å². The van der Waals surface area contributed by atoms with E-state index in [9.17, 15) is 14.4 Å². The van der Waals surface area contributed by atoms with E-state index in [0.717, 1.165) is 0 Å². The van der Waals surface area contributed by atoms with Gasteiger partial charge in [0.1, 0.15) is 17.8 Å². The fourth-order valence-electron chi connectivity index (χ4n) is 2.41. The Bertz CT molecular complexity index is 798. The number of amides is 2. The number of benzene rings is 1. The molecule has 0 unspecified atom stereocenters. The van der Waals surface area contributed by atoms with Crippen molar-refractivity contribution in [2.75, 3.05) is 32.8 Å². The zero-order valence-electron chi connectivity index (χ0n) is 12.4. The van der Waals surface area contributed by atoms with Gasteiger partial charge >= 0.3 is 5.63 Å². The Balaban J connectivity index is 1.65. The van der Waals surface area contributed by atoms with Crippen molar-refractivity contribution >= 4 is 22.8 Å². The highest BCUT2D eigenvalue weighted by atomic mass is 16.5. The second-order valence-corrected chi connectivity index (χ2v) is 5.17. The first kappa shape index (κ1) is 15.2. The summed E-state index contributed by atoms with van der Waals surface area (Å²) in [4.78, 5) is 37.2. The van der Waals surface area contributed by atoms with Gasteiger partial charge in [0.05, 0.1) is 6.61 Å². The van der Waals surface area contributed by atoms with Gasteiger partial charge in [-0.2, -0.15) is 0 Å². The molecule has 7 nitrogen and oxygen atoms in total. The molecule has 2 amide bonds. The minimum atomic E-state index is -0.677. The Morgan fingerprint density at radius 2 is 2.09 bits per heavy atom. The molecule has 120 valence electrons. The molecule has 1 fully saturated rings. The van der Waals surface area contributed by atoms with Crippen LogP contribution in [-0.2, 0) is 9.53 Å². The molecule has 1 aromatic carbocycles. The Hall–Kier alpha value is -2.67. The van der Waals surface area contributed by atoms with E-state index in [1.165, 1.54) is 6.07 Å². The first-order valence-electron chi connectivity index (χ1n) is 7.32. The van der Waals surface area contributed by atoms with Crippen LogP contribution < -0.4 is 10.9 Å². The van der Waals surface area contributed by atoms with E-state index in [2.05, 4.69) is 5.32 Å². The fraction of sp³-hybridized carbons (Fsp3) is 0.312. The van der Waals surface area contributed by atoms with E-state index < -0.39 is 11.5 Å². The van der Waals surface area contributed by atoms with Crippen molar-refractivity contribution in [2.45, 2.75) is 0 Å². The van der Waals surface area contributed by atoms with Crippen LogP contribution in [0.5, 0.6) is 0 Å². The average molecular weight is 316 g/mol. The monoisotopic (exact) mass is 316 g/mol. The van der Waals surface area contributed by atoms with E-state index in [1.807, 2.05) is 0 Å². The zero-order chi connectivity index (χ0) is 16.2. The van der Waals surface area contributed by atoms with Gasteiger partial charge in [0, 0.05) is 25.0 Å². The van der Waals surface area contributed by atoms with E-state index in [1.54, 1.807) is 29.2 Å². The molecule has 0 spiro atoms. The maximum atomic E-state index is 12.1. The summed E-state index contributed by atoms with van der Waals surface area (Å²) in [6.45, 7) is 1.71. The Morgan fingerprint density at radius 3 is 2.91 bits per heavy atom. The molecule has 1 saturated heterocycles. The molecule has 23 heavy (non-hydrogen) atoms. The molecule has 2 heterocycles. The molecule has 0 saturated carbocycles.